The average molecular weight is 379 g/mol. The number of carbonyl (C=O) groups excluding carboxylic acids is 1. The van der Waals surface area contributed by atoms with E-state index in [2.05, 4.69) is 30.6 Å². The molecule has 1 aliphatic rings. The van der Waals surface area contributed by atoms with Gasteiger partial charge in [-0.1, -0.05) is 12.1 Å². The van der Waals surface area contributed by atoms with Crippen molar-refractivity contribution in [2.24, 2.45) is 0 Å². The number of carbonyl (C=O) groups is 1. The van der Waals surface area contributed by atoms with E-state index in [-0.39, 0.29) is 17.6 Å². The molecule has 8 nitrogen and oxygen atoms in total. The van der Waals surface area contributed by atoms with Crippen LogP contribution in [0.1, 0.15) is 18.5 Å². The molecule has 4 rings (SSSR count). The lowest BCUT2D eigenvalue weighted by Crippen LogP contribution is -2.47. The Morgan fingerprint density at radius 1 is 1.11 bits per heavy atom. The second-order valence-corrected chi connectivity index (χ2v) is 6.46. The van der Waals surface area contributed by atoms with Crippen LogP contribution in [0.4, 0.5) is 27.8 Å². The molecule has 1 atom stereocenters. The summed E-state index contributed by atoms with van der Waals surface area (Å²) in [6.07, 6.45) is 4.75. The largest absolute Gasteiger partial charge is 0.348 e. The molecule has 142 valence electrons. The van der Waals surface area contributed by atoms with Crippen molar-refractivity contribution >= 4 is 29.2 Å². The molecule has 1 aliphatic heterocycles. The number of benzene rings is 1. The van der Waals surface area contributed by atoms with Crippen LogP contribution in [0.25, 0.3) is 0 Å². The molecule has 9 heteroatoms. The van der Waals surface area contributed by atoms with Crippen LogP contribution in [0.2, 0.25) is 0 Å². The highest BCUT2D eigenvalue weighted by molar-refractivity contribution is 5.95. The first-order chi connectivity index (χ1) is 13.6. The summed E-state index contributed by atoms with van der Waals surface area (Å²) in [6, 6.07) is 7.87. The van der Waals surface area contributed by atoms with Gasteiger partial charge in [0.25, 0.3) is 0 Å². The highest BCUT2D eigenvalue weighted by Crippen LogP contribution is 2.25. The molecular weight excluding hydrogens is 361 g/mol. The number of hydrogen-bond acceptors (Lipinski definition) is 8. The zero-order chi connectivity index (χ0) is 19.5. The number of Topliss-reactive ketones (excluding diaryl/α,β-unsaturated/α-hetero) is 1. The molecule has 0 bridgehead atoms. The maximum Gasteiger partial charge on any atom is 0.227 e. The van der Waals surface area contributed by atoms with Crippen LogP contribution in [-0.4, -0.2) is 38.8 Å². The van der Waals surface area contributed by atoms with Crippen LogP contribution in [-0.2, 0) is 4.79 Å². The fourth-order valence-corrected chi connectivity index (χ4v) is 2.79. The van der Waals surface area contributed by atoms with Gasteiger partial charge in [-0.2, -0.15) is 9.97 Å². The molecular formula is C19H18FN7O. The molecule has 1 fully saturated rings. The Morgan fingerprint density at radius 3 is 2.57 bits per heavy atom. The molecule has 0 radical (unpaired) electrons. The Hall–Kier alpha value is -3.62. The Kier molecular flexibility index (Phi) is 4.79. The third-order valence-electron chi connectivity index (χ3n) is 4.31. The third kappa shape index (κ3) is 4.03. The smallest absolute Gasteiger partial charge is 0.227 e. The molecule has 0 amide bonds. The van der Waals surface area contributed by atoms with Crippen molar-refractivity contribution in [3.05, 3.63) is 60.3 Å². The monoisotopic (exact) mass is 379 g/mol. The lowest BCUT2D eigenvalue weighted by Gasteiger charge is -2.31. The number of nitrogens with one attached hydrogen (secondary N) is 2. The first kappa shape index (κ1) is 17.8. The number of halogens is 1. The predicted octanol–water partition coefficient (Wildman–Crippen LogP) is 2.71. The van der Waals surface area contributed by atoms with E-state index in [0.717, 1.165) is 5.56 Å². The summed E-state index contributed by atoms with van der Waals surface area (Å²) in [5.41, 5.74) is 0.901. The van der Waals surface area contributed by atoms with Crippen molar-refractivity contribution in [3.8, 4) is 0 Å². The van der Waals surface area contributed by atoms with E-state index in [9.17, 15) is 9.18 Å². The van der Waals surface area contributed by atoms with Gasteiger partial charge in [0.2, 0.25) is 5.95 Å². The summed E-state index contributed by atoms with van der Waals surface area (Å²) in [7, 11) is 0. The molecule has 1 saturated heterocycles. The van der Waals surface area contributed by atoms with Crippen molar-refractivity contribution < 1.29 is 9.18 Å². The number of hydrogen-bond donors (Lipinski definition) is 2. The van der Waals surface area contributed by atoms with Gasteiger partial charge in [-0.3, -0.25) is 9.78 Å². The molecule has 2 aromatic heterocycles. The maximum absolute atomic E-state index is 13.2. The Bertz CT molecular complexity index is 973. The summed E-state index contributed by atoms with van der Waals surface area (Å²) in [4.78, 5) is 30.4. The molecule has 28 heavy (non-hydrogen) atoms. The lowest BCUT2D eigenvalue weighted by molar-refractivity contribution is -0.119. The fraction of sp³-hybridized carbons (Fsp3) is 0.211. The Balaban J connectivity index is 1.59. The second-order valence-electron chi connectivity index (χ2n) is 6.46. The minimum absolute atomic E-state index is 0.141. The normalized spacial score (nSPS) is 14.4. The molecule has 1 aromatic carbocycles. The van der Waals surface area contributed by atoms with E-state index in [1.165, 1.54) is 12.1 Å². The lowest BCUT2D eigenvalue weighted by atomic mass is 10.1. The molecule has 3 heterocycles. The van der Waals surface area contributed by atoms with E-state index in [4.69, 9.17) is 0 Å². The zero-order valence-corrected chi connectivity index (χ0v) is 15.1. The van der Waals surface area contributed by atoms with Gasteiger partial charge in [0.1, 0.15) is 23.3 Å². The van der Waals surface area contributed by atoms with E-state index in [0.29, 0.717) is 36.5 Å². The molecule has 0 saturated carbocycles. The first-order valence-electron chi connectivity index (χ1n) is 8.77. The number of aromatic nitrogens is 4. The maximum atomic E-state index is 13.2. The minimum atomic E-state index is -0.285. The van der Waals surface area contributed by atoms with Gasteiger partial charge in [-0.25, -0.2) is 9.37 Å². The van der Waals surface area contributed by atoms with Crippen LogP contribution in [0.15, 0.2) is 48.9 Å². The van der Waals surface area contributed by atoms with Crippen molar-refractivity contribution in [1.82, 2.24) is 19.9 Å². The second kappa shape index (κ2) is 7.55. The summed E-state index contributed by atoms with van der Waals surface area (Å²) in [5, 5.41) is 6.32. The average Bonchev–Trinajstić information content (AvgIpc) is 2.66. The van der Waals surface area contributed by atoms with Gasteiger partial charge in [-0.05, 0) is 24.6 Å². The highest BCUT2D eigenvalue weighted by atomic mass is 19.1. The van der Waals surface area contributed by atoms with Gasteiger partial charge in [0, 0.05) is 18.5 Å². The standard InChI is InChI=1S/C19H18FN7O/c1-12(13-2-4-14(20)5-3-13)23-19-25-16(24-17-9-21-6-7-22-17)8-18(26-19)27-10-15(28)11-27/h2-9,12H,10-11H2,1H3,(H2,22,23,24,25,26)/t12-/m0/s1. The molecule has 3 aromatic rings. The van der Waals surface area contributed by atoms with Gasteiger partial charge < -0.3 is 15.5 Å². The number of nitrogens with zero attached hydrogens (tertiary/aromatic N) is 5. The zero-order valence-electron chi connectivity index (χ0n) is 15.1. The van der Waals surface area contributed by atoms with E-state index in [1.807, 2.05) is 11.8 Å². The van der Waals surface area contributed by atoms with E-state index < -0.39 is 0 Å². The third-order valence-corrected chi connectivity index (χ3v) is 4.31. The van der Waals surface area contributed by atoms with E-state index in [1.54, 1.807) is 36.8 Å². The van der Waals surface area contributed by atoms with Crippen LogP contribution < -0.4 is 15.5 Å². The summed E-state index contributed by atoms with van der Waals surface area (Å²) in [5.74, 6) is 1.97. The Morgan fingerprint density at radius 2 is 1.89 bits per heavy atom. The quantitative estimate of drug-likeness (QED) is 0.675. The SMILES string of the molecule is C[C@H](Nc1nc(Nc2cnccn2)cc(N2CC(=O)C2)n1)c1ccc(F)cc1. The number of rotatable bonds is 6. The summed E-state index contributed by atoms with van der Waals surface area (Å²) >= 11 is 0. The molecule has 0 unspecified atom stereocenters. The van der Waals surface area contributed by atoms with Gasteiger partial charge in [0.15, 0.2) is 5.78 Å². The summed E-state index contributed by atoms with van der Waals surface area (Å²) in [6.45, 7) is 2.59. The van der Waals surface area contributed by atoms with E-state index >= 15 is 0 Å². The van der Waals surface area contributed by atoms with Crippen LogP contribution in [0.5, 0.6) is 0 Å². The van der Waals surface area contributed by atoms with Gasteiger partial charge in [-0.15, -0.1) is 0 Å². The molecule has 0 spiro atoms. The minimum Gasteiger partial charge on any atom is -0.348 e. The fourth-order valence-electron chi connectivity index (χ4n) is 2.79. The number of anilines is 4. The van der Waals surface area contributed by atoms with Crippen molar-refractivity contribution in [2.45, 2.75) is 13.0 Å². The van der Waals surface area contributed by atoms with Crippen LogP contribution in [0.3, 0.4) is 0 Å². The molecule has 2 N–H and O–H groups in total. The summed E-state index contributed by atoms with van der Waals surface area (Å²) < 4.78 is 13.2. The first-order valence-corrected chi connectivity index (χ1v) is 8.77. The van der Waals surface area contributed by atoms with Crippen LogP contribution >= 0.6 is 0 Å². The van der Waals surface area contributed by atoms with Gasteiger partial charge >= 0.3 is 0 Å². The molecule has 0 aliphatic carbocycles. The Labute approximate surface area is 160 Å². The highest BCUT2D eigenvalue weighted by Gasteiger charge is 2.26. The number of ketones is 1. The van der Waals surface area contributed by atoms with Crippen LogP contribution in [0, 0.1) is 5.82 Å². The predicted molar refractivity (Wildman–Crippen MR) is 103 cm³/mol. The van der Waals surface area contributed by atoms with Crippen molar-refractivity contribution in [2.75, 3.05) is 28.6 Å². The van der Waals surface area contributed by atoms with Gasteiger partial charge in [0.05, 0.1) is 25.3 Å². The van der Waals surface area contributed by atoms with Crippen molar-refractivity contribution in [3.63, 3.8) is 0 Å². The van der Waals surface area contributed by atoms with Crippen molar-refractivity contribution in [1.29, 1.82) is 0 Å². The topological polar surface area (TPSA) is 95.9 Å².